The Bertz CT molecular complexity index is 717. The Hall–Kier alpha value is -2.61. The highest BCUT2D eigenvalue weighted by Crippen LogP contribution is 2.19. The number of carbonyl (C=O) groups excluding carboxylic acids is 1. The number of benzene rings is 1. The average molecular weight is 314 g/mol. The predicted octanol–water partition coefficient (Wildman–Crippen LogP) is 3.98. The molecule has 0 saturated carbocycles. The molecule has 1 heterocycles. The SMILES string of the molecule is CC(C)C(C)N(Cc1ccco1)C(=O)c1cc(F)cc(C#N)c1. The van der Waals surface area contributed by atoms with Crippen molar-refractivity contribution in [1.82, 2.24) is 4.90 Å². The summed E-state index contributed by atoms with van der Waals surface area (Å²) in [5.74, 6) is -0.0400. The molecule has 1 atom stereocenters. The summed E-state index contributed by atoms with van der Waals surface area (Å²) >= 11 is 0. The number of furan rings is 1. The van der Waals surface area contributed by atoms with Crippen molar-refractivity contribution in [3.05, 3.63) is 59.3 Å². The van der Waals surface area contributed by atoms with Crippen LogP contribution < -0.4 is 0 Å². The van der Waals surface area contributed by atoms with Crippen LogP contribution >= 0.6 is 0 Å². The third kappa shape index (κ3) is 3.98. The van der Waals surface area contributed by atoms with Crippen molar-refractivity contribution in [3.63, 3.8) is 0 Å². The number of nitrogens with zero attached hydrogens (tertiary/aromatic N) is 2. The second kappa shape index (κ2) is 7.10. The largest absolute Gasteiger partial charge is 0.467 e. The number of hydrogen-bond acceptors (Lipinski definition) is 3. The molecule has 0 bridgehead atoms. The van der Waals surface area contributed by atoms with Crippen LogP contribution in [0.5, 0.6) is 0 Å². The van der Waals surface area contributed by atoms with Gasteiger partial charge in [0.25, 0.3) is 5.91 Å². The first-order valence-corrected chi connectivity index (χ1v) is 7.46. The smallest absolute Gasteiger partial charge is 0.254 e. The van der Waals surface area contributed by atoms with Crippen LogP contribution in [0, 0.1) is 23.1 Å². The topological polar surface area (TPSA) is 57.2 Å². The predicted molar refractivity (Wildman–Crippen MR) is 84.0 cm³/mol. The molecule has 0 aliphatic carbocycles. The van der Waals surface area contributed by atoms with Crippen LogP contribution in [0.25, 0.3) is 0 Å². The maximum atomic E-state index is 13.6. The Morgan fingerprint density at radius 1 is 1.35 bits per heavy atom. The van der Waals surface area contributed by atoms with E-state index < -0.39 is 5.82 Å². The number of hydrogen-bond donors (Lipinski definition) is 0. The maximum absolute atomic E-state index is 13.6. The lowest BCUT2D eigenvalue weighted by Gasteiger charge is -2.31. The van der Waals surface area contributed by atoms with Crippen LogP contribution in [-0.2, 0) is 6.54 Å². The van der Waals surface area contributed by atoms with E-state index in [-0.39, 0.29) is 29.0 Å². The van der Waals surface area contributed by atoms with E-state index in [0.717, 1.165) is 12.1 Å². The van der Waals surface area contributed by atoms with E-state index >= 15 is 0 Å². The van der Waals surface area contributed by atoms with Crippen molar-refractivity contribution in [1.29, 1.82) is 5.26 Å². The molecule has 0 N–H and O–H groups in total. The molecule has 0 radical (unpaired) electrons. The van der Waals surface area contributed by atoms with Crippen LogP contribution in [-0.4, -0.2) is 16.8 Å². The molecule has 1 aromatic carbocycles. The van der Waals surface area contributed by atoms with Crippen LogP contribution in [0.2, 0.25) is 0 Å². The van der Waals surface area contributed by atoms with E-state index in [9.17, 15) is 9.18 Å². The lowest BCUT2D eigenvalue weighted by molar-refractivity contribution is 0.0610. The minimum atomic E-state index is -0.595. The molecule has 0 aliphatic heterocycles. The number of nitriles is 1. The second-order valence-electron chi connectivity index (χ2n) is 5.84. The molecule has 2 aromatic rings. The molecule has 1 unspecified atom stereocenters. The van der Waals surface area contributed by atoms with E-state index in [1.807, 2.05) is 26.8 Å². The summed E-state index contributed by atoms with van der Waals surface area (Å²) in [7, 11) is 0. The molecule has 0 saturated heterocycles. The Kier molecular flexibility index (Phi) is 5.17. The zero-order valence-electron chi connectivity index (χ0n) is 13.4. The first-order chi connectivity index (χ1) is 10.9. The van der Waals surface area contributed by atoms with Gasteiger partial charge in [-0.2, -0.15) is 5.26 Å². The van der Waals surface area contributed by atoms with Crippen molar-refractivity contribution < 1.29 is 13.6 Å². The van der Waals surface area contributed by atoms with Gasteiger partial charge in [-0.1, -0.05) is 13.8 Å². The lowest BCUT2D eigenvalue weighted by atomic mass is 10.0. The molecule has 0 aliphatic rings. The number of rotatable bonds is 5. The highest BCUT2D eigenvalue weighted by atomic mass is 19.1. The lowest BCUT2D eigenvalue weighted by Crippen LogP contribution is -2.41. The Balaban J connectivity index is 2.36. The summed E-state index contributed by atoms with van der Waals surface area (Å²) in [5, 5.41) is 8.96. The third-order valence-electron chi connectivity index (χ3n) is 3.90. The summed E-state index contributed by atoms with van der Waals surface area (Å²) in [5.41, 5.74) is 0.295. The number of amides is 1. The summed E-state index contributed by atoms with van der Waals surface area (Å²) < 4.78 is 19.0. The monoisotopic (exact) mass is 314 g/mol. The fraction of sp³-hybridized carbons (Fsp3) is 0.333. The molecule has 120 valence electrons. The van der Waals surface area contributed by atoms with E-state index in [2.05, 4.69) is 0 Å². The standard InChI is InChI=1S/C18H19FN2O2/c1-12(2)13(3)21(11-17-5-4-6-23-17)18(22)15-7-14(10-20)8-16(19)9-15/h4-9,12-13H,11H2,1-3H3. The molecule has 0 fully saturated rings. The van der Waals surface area contributed by atoms with E-state index in [0.29, 0.717) is 12.3 Å². The van der Waals surface area contributed by atoms with Crippen molar-refractivity contribution in [2.75, 3.05) is 0 Å². The van der Waals surface area contributed by atoms with Gasteiger partial charge in [0.05, 0.1) is 24.4 Å². The third-order valence-corrected chi connectivity index (χ3v) is 3.90. The average Bonchev–Trinajstić information content (AvgIpc) is 3.03. The highest BCUT2D eigenvalue weighted by molar-refractivity contribution is 5.94. The van der Waals surface area contributed by atoms with Crippen molar-refractivity contribution >= 4 is 5.91 Å². The molecule has 4 nitrogen and oxygen atoms in total. The molecule has 1 amide bonds. The summed E-state index contributed by atoms with van der Waals surface area (Å²) in [4.78, 5) is 14.5. The van der Waals surface area contributed by atoms with Gasteiger partial charge in [0.15, 0.2) is 0 Å². The van der Waals surface area contributed by atoms with Gasteiger partial charge in [-0.05, 0) is 43.2 Å². The summed E-state index contributed by atoms with van der Waals surface area (Å²) in [6.45, 7) is 6.26. The highest BCUT2D eigenvalue weighted by Gasteiger charge is 2.25. The summed E-state index contributed by atoms with van der Waals surface area (Å²) in [6.07, 6.45) is 1.55. The molecule has 2 rings (SSSR count). The fourth-order valence-electron chi connectivity index (χ4n) is 2.27. The molecule has 0 spiro atoms. The molecular weight excluding hydrogens is 295 g/mol. The van der Waals surface area contributed by atoms with Gasteiger partial charge in [-0.15, -0.1) is 0 Å². The zero-order chi connectivity index (χ0) is 17.0. The van der Waals surface area contributed by atoms with Crippen LogP contribution in [0.3, 0.4) is 0 Å². The van der Waals surface area contributed by atoms with E-state index in [1.54, 1.807) is 23.3 Å². The quantitative estimate of drug-likeness (QED) is 0.839. The molecule has 23 heavy (non-hydrogen) atoms. The number of carbonyl (C=O) groups is 1. The minimum absolute atomic E-state index is 0.0681. The zero-order valence-corrected chi connectivity index (χ0v) is 13.4. The van der Waals surface area contributed by atoms with E-state index in [1.165, 1.54) is 6.07 Å². The first kappa shape index (κ1) is 16.8. The van der Waals surface area contributed by atoms with Crippen LogP contribution in [0.4, 0.5) is 4.39 Å². The first-order valence-electron chi connectivity index (χ1n) is 7.46. The fourth-order valence-corrected chi connectivity index (χ4v) is 2.27. The van der Waals surface area contributed by atoms with Crippen molar-refractivity contribution in [3.8, 4) is 6.07 Å². The van der Waals surface area contributed by atoms with Crippen molar-refractivity contribution in [2.45, 2.75) is 33.4 Å². The van der Waals surface area contributed by atoms with Crippen molar-refractivity contribution in [2.24, 2.45) is 5.92 Å². The molecule has 1 aromatic heterocycles. The van der Waals surface area contributed by atoms with Gasteiger partial charge in [0.2, 0.25) is 0 Å². The molecule has 5 heteroatoms. The normalized spacial score (nSPS) is 12.0. The van der Waals surface area contributed by atoms with Crippen LogP contribution in [0.1, 0.15) is 42.5 Å². The van der Waals surface area contributed by atoms with Gasteiger partial charge >= 0.3 is 0 Å². The van der Waals surface area contributed by atoms with Gasteiger partial charge in [0, 0.05) is 11.6 Å². The van der Waals surface area contributed by atoms with Gasteiger partial charge in [-0.3, -0.25) is 4.79 Å². The maximum Gasteiger partial charge on any atom is 0.254 e. The van der Waals surface area contributed by atoms with Gasteiger partial charge in [-0.25, -0.2) is 4.39 Å². The van der Waals surface area contributed by atoms with Crippen LogP contribution in [0.15, 0.2) is 41.0 Å². The summed E-state index contributed by atoms with van der Waals surface area (Å²) in [6, 6.07) is 9.03. The van der Waals surface area contributed by atoms with Gasteiger partial charge in [0.1, 0.15) is 11.6 Å². The Morgan fingerprint density at radius 3 is 2.65 bits per heavy atom. The van der Waals surface area contributed by atoms with E-state index in [4.69, 9.17) is 9.68 Å². The Labute approximate surface area is 135 Å². The number of halogens is 1. The Morgan fingerprint density at radius 2 is 2.09 bits per heavy atom. The van der Waals surface area contributed by atoms with Gasteiger partial charge < -0.3 is 9.32 Å². The second-order valence-corrected chi connectivity index (χ2v) is 5.84. The molecular formula is C18H19FN2O2. The minimum Gasteiger partial charge on any atom is -0.467 e.